The summed E-state index contributed by atoms with van der Waals surface area (Å²) in [6.45, 7) is 6.50. The lowest BCUT2D eigenvalue weighted by Gasteiger charge is -2.26. The summed E-state index contributed by atoms with van der Waals surface area (Å²) in [7, 11) is 0. The van der Waals surface area contributed by atoms with Gasteiger partial charge in [0.1, 0.15) is 0 Å². The highest BCUT2D eigenvalue weighted by Crippen LogP contribution is 2.28. The van der Waals surface area contributed by atoms with Crippen molar-refractivity contribution in [1.29, 1.82) is 0 Å². The molecule has 0 fully saturated rings. The van der Waals surface area contributed by atoms with Crippen molar-refractivity contribution in [1.82, 2.24) is 0 Å². The summed E-state index contributed by atoms with van der Waals surface area (Å²) in [5, 5.41) is 5.63. The minimum Gasteiger partial charge on any atom is -0.297 e. The summed E-state index contributed by atoms with van der Waals surface area (Å²) in [5.74, 6) is 0. The van der Waals surface area contributed by atoms with Gasteiger partial charge in [0, 0.05) is 4.75 Å². The molecule has 0 saturated carbocycles. The van der Waals surface area contributed by atoms with E-state index in [1.807, 2.05) is 0 Å². The van der Waals surface area contributed by atoms with E-state index in [4.69, 9.17) is 5.14 Å². The minimum atomic E-state index is -0.242. The molecule has 46 valence electrons. The van der Waals surface area contributed by atoms with Crippen molar-refractivity contribution in [3.05, 3.63) is 0 Å². The van der Waals surface area contributed by atoms with Crippen LogP contribution < -0.4 is 5.14 Å². The van der Waals surface area contributed by atoms with Crippen LogP contribution >= 0.6 is 11.1 Å². The van der Waals surface area contributed by atoms with Gasteiger partial charge in [-0.3, -0.25) is 5.14 Å². The van der Waals surface area contributed by atoms with Gasteiger partial charge in [-0.1, -0.05) is 20.8 Å². The molecule has 0 spiro atoms. The van der Waals surface area contributed by atoms with E-state index in [1.165, 1.54) is 0 Å². The maximum Gasteiger partial charge on any atom is 0.000219 e. The van der Waals surface area contributed by atoms with Crippen LogP contribution in [0, 0.1) is 0 Å². The Morgan fingerprint density at radius 3 is 1.43 bits per heavy atom. The van der Waals surface area contributed by atoms with Crippen molar-refractivity contribution < 1.29 is 0 Å². The Labute approximate surface area is 48.8 Å². The van der Waals surface area contributed by atoms with Crippen molar-refractivity contribution in [3.63, 3.8) is 0 Å². The number of hydrogen-bond donors (Lipinski definition) is 2. The average molecular weight is 121 g/mol. The zero-order chi connectivity index (χ0) is 6.08. The normalized spacial score (nSPS) is 19.3. The summed E-state index contributed by atoms with van der Waals surface area (Å²) in [6, 6.07) is 0. The summed E-state index contributed by atoms with van der Waals surface area (Å²) < 4.78 is 0.343. The molecule has 0 radical (unpaired) electrons. The largest absolute Gasteiger partial charge is 0.297 e. The summed E-state index contributed by atoms with van der Waals surface area (Å²) in [5.41, 5.74) is 0. The smallest absolute Gasteiger partial charge is 0.000219 e. The highest BCUT2D eigenvalue weighted by molar-refractivity contribution is 8.15. The standard InChI is InChI=1S/C5H15NS/c1-5(2,3)7(4)6/h7H,6H2,1-4H3. The molecule has 0 rings (SSSR count). The third-order valence-electron chi connectivity index (χ3n) is 1.06. The van der Waals surface area contributed by atoms with Crippen LogP contribution in [0.15, 0.2) is 0 Å². The predicted molar refractivity (Wildman–Crippen MR) is 38.9 cm³/mol. The Bertz CT molecular complexity index is 53.6. The van der Waals surface area contributed by atoms with Gasteiger partial charge in [-0.25, -0.2) is 11.1 Å². The molecular weight excluding hydrogens is 106 g/mol. The second-order valence-corrected chi connectivity index (χ2v) is 5.35. The van der Waals surface area contributed by atoms with E-state index in [2.05, 4.69) is 27.0 Å². The lowest BCUT2D eigenvalue weighted by molar-refractivity contribution is 0.797. The molecule has 2 heteroatoms. The van der Waals surface area contributed by atoms with Crippen LogP contribution in [0.5, 0.6) is 0 Å². The Kier molecular flexibility index (Phi) is 2.14. The van der Waals surface area contributed by atoms with Crippen molar-refractivity contribution >= 4 is 11.1 Å². The fraction of sp³-hybridized carbons (Fsp3) is 1.00. The van der Waals surface area contributed by atoms with Gasteiger partial charge in [0.2, 0.25) is 0 Å². The number of hydrogen-bond acceptors (Lipinski definition) is 1. The third kappa shape index (κ3) is 2.94. The van der Waals surface area contributed by atoms with Gasteiger partial charge in [0.05, 0.1) is 0 Å². The van der Waals surface area contributed by atoms with Gasteiger partial charge in [0.15, 0.2) is 0 Å². The Hall–Kier alpha value is 0.310. The Balaban J connectivity index is 3.54. The molecule has 1 unspecified atom stereocenters. The van der Waals surface area contributed by atoms with Crippen LogP contribution in [-0.2, 0) is 0 Å². The van der Waals surface area contributed by atoms with Gasteiger partial charge in [-0.05, 0) is 6.26 Å². The monoisotopic (exact) mass is 121 g/mol. The molecule has 0 aromatic heterocycles. The molecule has 1 nitrogen and oxygen atoms in total. The van der Waals surface area contributed by atoms with Crippen LogP contribution in [0.2, 0.25) is 0 Å². The molecule has 0 heterocycles. The molecule has 0 aromatic rings. The molecule has 0 aliphatic rings. The second-order valence-electron chi connectivity index (χ2n) is 2.78. The van der Waals surface area contributed by atoms with Crippen molar-refractivity contribution in [2.75, 3.05) is 6.26 Å². The maximum atomic E-state index is 5.63. The first-order valence-corrected chi connectivity index (χ1v) is 4.29. The van der Waals surface area contributed by atoms with Gasteiger partial charge in [-0.2, -0.15) is 0 Å². The molecule has 1 atom stereocenters. The third-order valence-corrected chi connectivity index (χ3v) is 3.17. The van der Waals surface area contributed by atoms with Crippen LogP contribution in [0.25, 0.3) is 0 Å². The van der Waals surface area contributed by atoms with E-state index in [9.17, 15) is 0 Å². The zero-order valence-corrected chi connectivity index (χ0v) is 6.42. The van der Waals surface area contributed by atoms with Gasteiger partial charge in [0.25, 0.3) is 0 Å². The van der Waals surface area contributed by atoms with E-state index in [1.54, 1.807) is 0 Å². The molecule has 2 N–H and O–H groups in total. The molecule has 0 amide bonds. The summed E-state index contributed by atoms with van der Waals surface area (Å²) in [6.07, 6.45) is 2.09. The average Bonchev–Trinajstić information content (AvgIpc) is 1.31. The first-order valence-electron chi connectivity index (χ1n) is 2.43. The minimum absolute atomic E-state index is 0.242. The fourth-order valence-corrected chi connectivity index (χ4v) is 0. The van der Waals surface area contributed by atoms with E-state index < -0.39 is 0 Å². The van der Waals surface area contributed by atoms with Gasteiger partial charge in [-0.15, -0.1) is 0 Å². The molecular formula is C5H15NS. The summed E-state index contributed by atoms with van der Waals surface area (Å²) in [4.78, 5) is 0. The number of nitrogens with two attached hydrogens (primary N) is 1. The number of rotatable bonds is 0. The Morgan fingerprint density at radius 2 is 1.43 bits per heavy atom. The summed E-state index contributed by atoms with van der Waals surface area (Å²) >= 11 is -0.242. The first-order chi connectivity index (χ1) is 2.94. The highest BCUT2D eigenvalue weighted by atomic mass is 32.2. The quantitative estimate of drug-likeness (QED) is 0.464. The molecule has 7 heavy (non-hydrogen) atoms. The molecule has 0 aliphatic heterocycles. The fourth-order valence-electron chi connectivity index (χ4n) is 0. The van der Waals surface area contributed by atoms with E-state index in [0.29, 0.717) is 4.75 Å². The highest BCUT2D eigenvalue weighted by Gasteiger charge is 2.10. The van der Waals surface area contributed by atoms with E-state index in [0.717, 1.165) is 0 Å². The van der Waals surface area contributed by atoms with Crippen molar-refractivity contribution in [2.45, 2.75) is 25.5 Å². The number of thiol groups is 1. The zero-order valence-electron chi connectivity index (χ0n) is 5.52. The van der Waals surface area contributed by atoms with Crippen LogP contribution in [0.3, 0.4) is 0 Å². The second kappa shape index (κ2) is 2.05. The molecule has 0 saturated heterocycles. The van der Waals surface area contributed by atoms with Crippen LogP contribution in [-0.4, -0.2) is 11.0 Å². The maximum absolute atomic E-state index is 5.63. The SMILES string of the molecule is C[SH](N)C(C)(C)C. The lowest BCUT2D eigenvalue weighted by atomic mass is 10.3. The van der Waals surface area contributed by atoms with E-state index >= 15 is 0 Å². The van der Waals surface area contributed by atoms with Gasteiger partial charge >= 0.3 is 0 Å². The Morgan fingerprint density at radius 1 is 1.29 bits per heavy atom. The van der Waals surface area contributed by atoms with Crippen LogP contribution in [0.4, 0.5) is 0 Å². The van der Waals surface area contributed by atoms with Crippen LogP contribution in [0.1, 0.15) is 20.8 Å². The molecule has 0 aromatic carbocycles. The topological polar surface area (TPSA) is 26.0 Å². The molecule has 0 bridgehead atoms. The first kappa shape index (κ1) is 7.31. The molecule has 0 aliphatic carbocycles. The van der Waals surface area contributed by atoms with Gasteiger partial charge < -0.3 is 0 Å². The van der Waals surface area contributed by atoms with Crippen molar-refractivity contribution in [3.8, 4) is 0 Å². The lowest BCUT2D eigenvalue weighted by Crippen LogP contribution is -2.18. The van der Waals surface area contributed by atoms with E-state index in [-0.39, 0.29) is 11.1 Å². The predicted octanol–water partition coefficient (Wildman–Crippen LogP) is 1.29. The van der Waals surface area contributed by atoms with Crippen molar-refractivity contribution in [2.24, 2.45) is 5.14 Å².